The van der Waals surface area contributed by atoms with E-state index in [1.165, 1.54) is 19.2 Å². The molecule has 0 aliphatic carbocycles. The minimum absolute atomic E-state index is 0.0246. The number of halogens is 2. The molecule has 16 heavy (non-hydrogen) atoms. The number of ether oxygens (including phenoxy) is 1. The molecular weight excluding hydrogens is 216 g/mol. The van der Waals surface area contributed by atoms with E-state index in [1.54, 1.807) is 7.05 Å². The van der Waals surface area contributed by atoms with Gasteiger partial charge in [-0.25, -0.2) is 8.78 Å². The number of hydrogen-bond donors (Lipinski definition) is 1. The second-order valence-electron chi connectivity index (χ2n) is 3.29. The molecule has 88 valence electrons. The molecule has 1 rings (SSSR count). The molecule has 1 aromatic carbocycles. The van der Waals surface area contributed by atoms with Gasteiger partial charge in [-0.05, 0) is 13.1 Å². The van der Waals surface area contributed by atoms with Crippen molar-refractivity contribution in [1.82, 2.24) is 5.32 Å². The Labute approximate surface area is 92.4 Å². The van der Waals surface area contributed by atoms with Crippen molar-refractivity contribution in [3.8, 4) is 0 Å². The first kappa shape index (κ1) is 12.7. The number of hydrogen-bond acceptors (Lipinski definition) is 3. The van der Waals surface area contributed by atoms with Crippen LogP contribution in [0.5, 0.6) is 0 Å². The number of benzene rings is 1. The fourth-order valence-electron chi connectivity index (χ4n) is 1.33. The molecule has 0 aliphatic rings. The van der Waals surface area contributed by atoms with Crippen molar-refractivity contribution in [3.05, 3.63) is 34.9 Å². The van der Waals surface area contributed by atoms with Crippen molar-refractivity contribution in [2.45, 2.75) is 6.61 Å². The molecule has 0 radical (unpaired) electrons. The first-order valence-corrected chi connectivity index (χ1v) is 4.75. The average Bonchev–Trinajstić information content (AvgIpc) is 2.25. The van der Waals surface area contributed by atoms with Crippen LogP contribution in [0.1, 0.15) is 15.9 Å². The SMILES string of the molecule is CNCC(=O)c1ccc(COC)c(F)c1F. The van der Waals surface area contributed by atoms with Crippen molar-refractivity contribution in [2.75, 3.05) is 20.7 Å². The molecule has 0 saturated heterocycles. The van der Waals surface area contributed by atoms with Gasteiger partial charge in [-0.2, -0.15) is 0 Å². The zero-order valence-electron chi connectivity index (χ0n) is 9.14. The summed E-state index contributed by atoms with van der Waals surface area (Å²) in [6.45, 7) is -0.0523. The van der Waals surface area contributed by atoms with E-state index >= 15 is 0 Å². The second-order valence-corrected chi connectivity index (χ2v) is 3.29. The summed E-state index contributed by atoms with van der Waals surface area (Å²) in [5, 5.41) is 2.59. The number of rotatable bonds is 5. The number of ketones is 1. The Balaban J connectivity index is 3.06. The smallest absolute Gasteiger partial charge is 0.179 e. The summed E-state index contributed by atoms with van der Waals surface area (Å²) in [4.78, 5) is 11.4. The molecule has 0 amide bonds. The Kier molecular flexibility index (Phi) is 4.52. The Morgan fingerprint density at radius 1 is 1.38 bits per heavy atom. The molecule has 0 heterocycles. The van der Waals surface area contributed by atoms with Gasteiger partial charge >= 0.3 is 0 Å². The lowest BCUT2D eigenvalue weighted by molar-refractivity contribution is 0.0988. The third-order valence-corrected chi connectivity index (χ3v) is 2.10. The van der Waals surface area contributed by atoms with Crippen LogP contribution in [0.2, 0.25) is 0 Å². The van der Waals surface area contributed by atoms with Crippen LogP contribution in [0, 0.1) is 11.6 Å². The zero-order valence-corrected chi connectivity index (χ0v) is 9.14. The van der Waals surface area contributed by atoms with Gasteiger partial charge in [0.1, 0.15) is 0 Å². The van der Waals surface area contributed by atoms with E-state index in [9.17, 15) is 13.6 Å². The highest BCUT2D eigenvalue weighted by Crippen LogP contribution is 2.17. The topological polar surface area (TPSA) is 38.3 Å². The minimum atomic E-state index is -1.12. The number of nitrogens with one attached hydrogen (secondary N) is 1. The lowest BCUT2D eigenvalue weighted by atomic mass is 10.1. The van der Waals surface area contributed by atoms with Gasteiger partial charge in [0.2, 0.25) is 0 Å². The maximum Gasteiger partial charge on any atom is 0.179 e. The molecule has 0 unspecified atom stereocenters. The normalized spacial score (nSPS) is 10.5. The lowest BCUT2D eigenvalue weighted by Gasteiger charge is -2.07. The van der Waals surface area contributed by atoms with E-state index in [0.29, 0.717) is 0 Å². The van der Waals surface area contributed by atoms with Gasteiger partial charge in [0.25, 0.3) is 0 Å². The standard InChI is InChI=1S/C11H13F2NO2/c1-14-5-9(15)8-4-3-7(6-16-2)10(12)11(8)13/h3-4,14H,5-6H2,1-2H3. The summed E-state index contributed by atoms with van der Waals surface area (Å²) in [5.74, 6) is -2.62. The minimum Gasteiger partial charge on any atom is -0.380 e. The Morgan fingerprint density at radius 2 is 2.06 bits per heavy atom. The largest absolute Gasteiger partial charge is 0.380 e. The monoisotopic (exact) mass is 229 g/mol. The molecule has 0 saturated carbocycles. The summed E-state index contributed by atoms with van der Waals surface area (Å²) in [6, 6.07) is 2.62. The highest BCUT2D eigenvalue weighted by atomic mass is 19.2. The van der Waals surface area contributed by atoms with Crippen LogP contribution in [0.25, 0.3) is 0 Å². The van der Waals surface area contributed by atoms with Crippen LogP contribution in [0.3, 0.4) is 0 Å². The quantitative estimate of drug-likeness (QED) is 0.778. The average molecular weight is 229 g/mol. The first-order chi connectivity index (χ1) is 7.61. The fourth-order valence-corrected chi connectivity index (χ4v) is 1.33. The number of carbonyl (C=O) groups is 1. The van der Waals surface area contributed by atoms with E-state index < -0.39 is 17.4 Å². The molecule has 0 spiro atoms. The predicted octanol–water partition coefficient (Wildman–Crippen LogP) is 1.51. The molecule has 1 aromatic rings. The third kappa shape index (κ3) is 2.62. The fraction of sp³-hybridized carbons (Fsp3) is 0.364. The summed E-state index contributed by atoms with van der Waals surface area (Å²) in [7, 11) is 2.95. The van der Waals surface area contributed by atoms with Crippen LogP contribution in [-0.2, 0) is 11.3 Å². The molecule has 0 aliphatic heterocycles. The number of carbonyl (C=O) groups excluding carboxylic acids is 1. The summed E-state index contributed by atoms with van der Waals surface area (Å²) in [6.07, 6.45) is 0. The van der Waals surface area contributed by atoms with Crippen LogP contribution < -0.4 is 5.32 Å². The second kappa shape index (κ2) is 5.67. The van der Waals surface area contributed by atoms with Gasteiger partial charge in [-0.15, -0.1) is 0 Å². The molecule has 0 fully saturated rings. The number of methoxy groups -OCH3 is 1. The van der Waals surface area contributed by atoms with E-state index in [-0.39, 0.29) is 24.3 Å². The van der Waals surface area contributed by atoms with Crippen LogP contribution in [-0.4, -0.2) is 26.5 Å². The van der Waals surface area contributed by atoms with Crippen LogP contribution in [0.15, 0.2) is 12.1 Å². The molecule has 5 heteroatoms. The molecule has 0 aromatic heterocycles. The molecule has 1 N–H and O–H groups in total. The van der Waals surface area contributed by atoms with Gasteiger partial charge in [-0.3, -0.25) is 4.79 Å². The molecule has 0 atom stereocenters. The lowest BCUT2D eigenvalue weighted by Crippen LogP contribution is -2.20. The predicted molar refractivity (Wildman–Crippen MR) is 55.3 cm³/mol. The number of likely N-dealkylation sites (N-methyl/N-ethyl adjacent to an activating group) is 1. The van der Waals surface area contributed by atoms with Crippen LogP contribution >= 0.6 is 0 Å². The molecule has 3 nitrogen and oxygen atoms in total. The van der Waals surface area contributed by atoms with Crippen molar-refractivity contribution in [3.63, 3.8) is 0 Å². The van der Waals surface area contributed by atoms with E-state index in [4.69, 9.17) is 4.74 Å². The summed E-state index contributed by atoms with van der Waals surface area (Å²) in [5.41, 5.74) is -0.146. The summed E-state index contributed by atoms with van der Waals surface area (Å²) < 4.78 is 31.6. The maximum atomic E-state index is 13.5. The van der Waals surface area contributed by atoms with Gasteiger partial charge in [0.15, 0.2) is 17.4 Å². The van der Waals surface area contributed by atoms with Crippen LogP contribution in [0.4, 0.5) is 8.78 Å². The van der Waals surface area contributed by atoms with Crippen molar-refractivity contribution < 1.29 is 18.3 Å². The Bertz CT molecular complexity index is 394. The zero-order chi connectivity index (χ0) is 12.1. The van der Waals surface area contributed by atoms with Gasteiger partial charge in [0.05, 0.1) is 18.7 Å². The van der Waals surface area contributed by atoms with Gasteiger partial charge in [-0.1, -0.05) is 6.07 Å². The number of Topliss-reactive ketones (excluding diaryl/α,β-unsaturated/α-hetero) is 1. The third-order valence-electron chi connectivity index (χ3n) is 2.10. The first-order valence-electron chi connectivity index (χ1n) is 4.75. The highest BCUT2D eigenvalue weighted by Gasteiger charge is 2.17. The highest BCUT2D eigenvalue weighted by molar-refractivity contribution is 5.97. The van der Waals surface area contributed by atoms with E-state index in [2.05, 4.69) is 5.32 Å². The van der Waals surface area contributed by atoms with Gasteiger partial charge in [0, 0.05) is 12.7 Å². The molecular formula is C11H13F2NO2. The van der Waals surface area contributed by atoms with Gasteiger partial charge < -0.3 is 10.1 Å². The maximum absolute atomic E-state index is 13.5. The van der Waals surface area contributed by atoms with E-state index in [1.807, 2.05) is 0 Å². The van der Waals surface area contributed by atoms with E-state index in [0.717, 1.165) is 0 Å². The molecule has 0 bridgehead atoms. The Morgan fingerprint density at radius 3 is 2.62 bits per heavy atom. The Hall–Kier alpha value is -1.33. The summed E-state index contributed by atoms with van der Waals surface area (Å²) >= 11 is 0. The van der Waals surface area contributed by atoms with Crippen molar-refractivity contribution in [2.24, 2.45) is 0 Å². The van der Waals surface area contributed by atoms with Crippen molar-refractivity contribution >= 4 is 5.78 Å². The van der Waals surface area contributed by atoms with Crippen molar-refractivity contribution in [1.29, 1.82) is 0 Å².